The summed E-state index contributed by atoms with van der Waals surface area (Å²) in [5.41, 5.74) is 6.73. The SMILES string of the molecule is COC(CCC(N)CO)c1ccc(Cl)cc1. The lowest BCUT2D eigenvalue weighted by Gasteiger charge is -2.17. The average molecular weight is 244 g/mol. The molecule has 0 heterocycles. The van der Waals surface area contributed by atoms with Gasteiger partial charge in [-0.2, -0.15) is 0 Å². The van der Waals surface area contributed by atoms with E-state index in [9.17, 15) is 0 Å². The maximum Gasteiger partial charge on any atom is 0.0821 e. The van der Waals surface area contributed by atoms with Gasteiger partial charge in [-0.05, 0) is 30.5 Å². The first-order chi connectivity index (χ1) is 7.67. The van der Waals surface area contributed by atoms with Gasteiger partial charge in [0.05, 0.1) is 12.7 Å². The number of benzene rings is 1. The third-order valence-electron chi connectivity index (χ3n) is 2.56. The molecule has 2 atom stereocenters. The highest BCUT2D eigenvalue weighted by molar-refractivity contribution is 6.30. The molecule has 0 aromatic heterocycles. The molecule has 90 valence electrons. The Balaban J connectivity index is 2.57. The highest BCUT2D eigenvalue weighted by Crippen LogP contribution is 2.23. The summed E-state index contributed by atoms with van der Waals surface area (Å²) in [5.74, 6) is 0. The first kappa shape index (κ1) is 13.5. The number of aliphatic hydroxyl groups is 1. The van der Waals surface area contributed by atoms with Gasteiger partial charge in [-0.1, -0.05) is 23.7 Å². The topological polar surface area (TPSA) is 55.5 Å². The predicted molar refractivity (Wildman–Crippen MR) is 65.5 cm³/mol. The normalized spacial score (nSPS) is 14.8. The number of hydrogen-bond donors (Lipinski definition) is 2. The van der Waals surface area contributed by atoms with Crippen LogP contribution in [-0.4, -0.2) is 24.9 Å². The smallest absolute Gasteiger partial charge is 0.0821 e. The summed E-state index contributed by atoms with van der Waals surface area (Å²) in [6, 6.07) is 7.40. The monoisotopic (exact) mass is 243 g/mol. The summed E-state index contributed by atoms with van der Waals surface area (Å²) in [7, 11) is 1.67. The fourth-order valence-corrected chi connectivity index (χ4v) is 1.68. The molecule has 4 heteroatoms. The van der Waals surface area contributed by atoms with E-state index in [1.807, 2.05) is 24.3 Å². The number of aliphatic hydroxyl groups excluding tert-OH is 1. The van der Waals surface area contributed by atoms with Crippen LogP contribution in [0.5, 0.6) is 0 Å². The van der Waals surface area contributed by atoms with Crippen molar-refractivity contribution in [3.8, 4) is 0 Å². The molecule has 0 radical (unpaired) electrons. The molecule has 0 fully saturated rings. The van der Waals surface area contributed by atoms with Crippen molar-refractivity contribution in [3.63, 3.8) is 0 Å². The largest absolute Gasteiger partial charge is 0.395 e. The predicted octanol–water partition coefficient (Wildman–Crippen LogP) is 2.13. The van der Waals surface area contributed by atoms with Gasteiger partial charge in [0.1, 0.15) is 0 Å². The Morgan fingerprint density at radius 3 is 2.44 bits per heavy atom. The van der Waals surface area contributed by atoms with Crippen molar-refractivity contribution in [2.75, 3.05) is 13.7 Å². The number of nitrogens with two attached hydrogens (primary N) is 1. The third kappa shape index (κ3) is 4.10. The molecule has 0 aliphatic carbocycles. The highest BCUT2D eigenvalue weighted by Gasteiger charge is 2.12. The number of ether oxygens (including phenoxy) is 1. The minimum Gasteiger partial charge on any atom is -0.395 e. The zero-order valence-corrected chi connectivity index (χ0v) is 10.2. The molecule has 0 spiro atoms. The molecule has 16 heavy (non-hydrogen) atoms. The summed E-state index contributed by atoms with van der Waals surface area (Å²) in [6.45, 7) is 0.0110. The maximum atomic E-state index is 8.84. The fraction of sp³-hybridized carbons (Fsp3) is 0.500. The molecule has 0 saturated heterocycles. The van der Waals surface area contributed by atoms with E-state index in [1.54, 1.807) is 7.11 Å². The van der Waals surface area contributed by atoms with Gasteiger partial charge in [0.2, 0.25) is 0 Å². The van der Waals surface area contributed by atoms with E-state index in [-0.39, 0.29) is 18.8 Å². The molecule has 1 aromatic rings. The number of methoxy groups -OCH3 is 1. The third-order valence-corrected chi connectivity index (χ3v) is 2.81. The number of hydrogen-bond acceptors (Lipinski definition) is 3. The summed E-state index contributed by atoms with van der Waals surface area (Å²) in [4.78, 5) is 0. The van der Waals surface area contributed by atoms with Crippen molar-refractivity contribution in [2.45, 2.75) is 25.0 Å². The van der Waals surface area contributed by atoms with Gasteiger partial charge in [-0.15, -0.1) is 0 Å². The quantitative estimate of drug-likeness (QED) is 0.805. The zero-order chi connectivity index (χ0) is 12.0. The Hall–Kier alpha value is -0.610. The Labute approximate surface area is 101 Å². The molecule has 1 rings (SSSR count). The summed E-state index contributed by atoms with van der Waals surface area (Å²) in [5, 5.41) is 9.56. The van der Waals surface area contributed by atoms with Gasteiger partial charge in [0, 0.05) is 18.2 Å². The van der Waals surface area contributed by atoms with E-state index in [0.717, 1.165) is 18.4 Å². The molecule has 0 bridgehead atoms. The molecule has 1 aromatic carbocycles. The summed E-state index contributed by atoms with van der Waals surface area (Å²) in [6.07, 6.45) is 1.53. The second kappa shape index (κ2) is 6.86. The van der Waals surface area contributed by atoms with Crippen LogP contribution in [0.2, 0.25) is 5.02 Å². The lowest BCUT2D eigenvalue weighted by Crippen LogP contribution is -2.24. The Bertz CT molecular complexity index is 302. The van der Waals surface area contributed by atoms with E-state index >= 15 is 0 Å². The van der Waals surface area contributed by atoms with E-state index in [2.05, 4.69) is 0 Å². The van der Waals surface area contributed by atoms with Crippen LogP contribution in [0.3, 0.4) is 0 Å². The minimum absolute atomic E-state index is 0.00914. The van der Waals surface area contributed by atoms with Crippen LogP contribution in [0.1, 0.15) is 24.5 Å². The van der Waals surface area contributed by atoms with Crippen molar-refractivity contribution in [3.05, 3.63) is 34.9 Å². The van der Waals surface area contributed by atoms with Gasteiger partial charge >= 0.3 is 0 Å². The first-order valence-electron chi connectivity index (χ1n) is 5.32. The van der Waals surface area contributed by atoms with Crippen LogP contribution in [0.25, 0.3) is 0 Å². The molecule has 0 aliphatic rings. The summed E-state index contributed by atoms with van der Waals surface area (Å²) >= 11 is 5.82. The van der Waals surface area contributed by atoms with Crippen LogP contribution in [0.4, 0.5) is 0 Å². The molecule has 3 nitrogen and oxygen atoms in total. The Morgan fingerprint density at radius 1 is 1.31 bits per heavy atom. The van der Waals surface area contributed by atoms with Crippen molar-refractivity contribution in [1.82, 2.24) is 0 Å². The number of rotatable bonds is 6. The van der Waals surface area contributed by atoms with Crippen molar-refractivity contribution in [1.29, 1.82) is 0 Å². The minimum atomic E-state index is -0.176. The molecular formula is C12H18ClNO2. The van der Waals surface area contributed by atoms with E-state index < -0.39 is 0 Å². The summed E-state index contributed by atoms with van der Waals surface area (Å²) < 4.78 is 5.39. The van der Waals surface area contributed by atoms with Gasteiger partial charge < -0.3 is 15.6 Å². The van der Waals surface area contributed by atoms with E-state index in [1.165, 1.54) is 0 Å². The first-order valence-corrected chi connectivity index (χ1v) is 5.70. The van der Waals surface area contributed by atoms with Crippen LogP contribution < -0.4 is 5.73 Å². The second-order valence-electron chi connectivity index (χ2n) is 3.80. The molecule has 0 aliphatic heterocycles. The average Bonchev–Trinajstić information content (AvgIpc) is 2.31. The molecular weight excluding hydrogens is 226 g/mol. The lowest BCUT2D eigenvalue weighted by atomic mass is 10.0. The van der Waals surface area contributed by atoms with Gasteiger partial charge in [-0.3, -0.25) is 0 Å². The Morgan fingerprint density at radius 2 is 1.94 bits per heavy atom. The Kier molecular flexibility index (Phi) is 5.77. The van der Waals surface area contributed by atoms with Crippen molar-refractivity contribution in [2.24, 2.45) is 5.73 Å². The molecule has 2 unspecified atom stereocenters. The number of halogens is 1. The standard InChI is InChI=1S/C12H18ClNO2/c1-16-12(7-6-11(14)8-15)9-2-4-10(13)5-3-9/h2-5,11-12,15H,6-8,14H2,1H3. The second-order valence-corrected chi connectivity index (χ2v) is 4.23. The lowest BCUT2D eigenvalue weighted by molar-refractivity contribution is 0.0896. The van der Waals surface area contributed by atoms with Gasteiger partial charge in [0.15, 0.2) is 0 Å². The fourth-order valence-electron chi connectivity index (χ4n) is 1.55. The van der Waals surface area contributed by atoms with Crippen molar-refractivity contribution < 1.29 is 9.84 Å². The van der Waals surface area contributed by atoms with Crippen LogP contribution in [0, 0.1) is 0 Å². The van der Waals surface area contributed by atoms with Crippen LogP contribution >= 0.6 is 11.6 Å². The van der Waals surface area contributed by atoms with E-state index in [4.69, 9.17) is 27.2 Å². The molecule has 0 amide bonds. The zero-order valence-electron chi connectivity index (χ0n) is 9.40. The van der Waals surface area contributed by atoms with Gasteiger partial charge in [0.25, 0.3) is 0 Å². The maximum absolute atomic E-state index is 8.84. The highest BCUT2D eigenvalue weighted by atomic mass is 35.5. The molecule has 3 N–H and O–H groups in total. The van der Waals surface area contributed by atoms with Gasteiger partial charge in [-0.25, -0.2) is 0 Å². The molecule has 0 saturated carbocycles. The van der Waals surface area contributed by atoms with Crippen LogP contribution in [-0.2, 0) is 4.74 Å². The van der Waals surface area contributed by atoms with E-state index in [0.29, 0.717) is 5.02 Å². The van der Waals surface area contributed by atoms with Crippen LogP contribution in [0.15, 0.2) is 24.3 Å². The van der Waals surface area contributed by atoms with Crippen molar-refractivity contribution >= 4 is 11.6 Å².